The van der Waals surface area contributed by atoms with E-state index in [9.17, 15) is 35.4 Å². The first-order valence-electron chi connectivity index (χ1n) is 24.0. The van der Waals surface area contributed by atoms with Gasteiger partial charge in [0.2, 0.25) is 5.91 Å². The molecule has 0 radical (unpaired) electrons. The summed E-state index contributed by atoms with van der Waals surface area (Å²) in [6.45, 7) is 9.19. The molecule has 12 heteroatoms. The van der Waals surface area contributed by atoms with Crippen molar-refractivity contribution in [2.75, 3.05) is 17.2 Å². The molecular weight excluding hydrogens is 823 g/mol. The maximum atomic E-state index is 15.6. The summed E-state index contributed by atoms with van der Waals surface area (Å²) in [5.74, 6) is -0.0103. The van der Waals surface area contributed by atoms with Crippen molar-refractivity contribution in [2.24, 2.45) is 62.6 Å². The van der Waals surface area contributed by atoms with E-state index < -0.39 is 73.9 Å². The second kappa shape index (κ2) is 14.1. The normalized spacial score (nSPS) is 50.9. The number of phenols is 1. The molecule has 17 unspecified atom stereocenters. The number of phenolic OH excluding ortho intramolecular Hbond substituents is 1. The number of aliphatic hydroxyl groups is 5. The van der Waals surface area contributed by atoms with E-state index in [1.807, 2.05) is 11.0 Å². The minimum Gasteiger partial charge on any atom is -0.508 e. The quantitative estimate of drug-likeness (QED) is 0.106. The predicted molar refractivity (Wildman–Crippen MR) is 239 cm³/mol. The van der Waals surface area contributed by atoms with Crippen LogP contribution in [0.15, 0.2) is 42.0 Å². The molecule has 62 heavy (non-hydrogen) atoms. The van der Waals surface area contributed by atoms with Gasteiger partial charge in [0.1, 0.15) is 22.9 Å². The van der Waals surface area contributed by atoms with Crippen LogP contribution >= 0.6 is 21.6 Å². The van der Waals surface area contributed by atoms with Gasteiger partial charge >= 0.3 is 0 Å². The minimum absolute atomic E-state index is 0.0685. The molecule has 12 aliphatic rings. The molecule has 2 saturated heterocycles. The molecule has 7 aliphatic carbocycles. The fraction of sp³-hybridized carbons (Fsp3) is 0.760. The Morgan fingerprint density at radius 1 is 0.935 bits per heavy atom. The highest BCUT2D eigenvalue weighted by Crippen LogP contribution is 2.83. The number of aliphatic hydroxyl groups excluding tert-OH is 3. The summed E-state index contributed by atoms with van der Waals surface area (Å²) in [6.07, 6.45) is 11.4. The number of anilines is 1. The number of fused-ring (bicyclic) bond motifs is 1. The number of hydrogen-bond acceptors (Lipinski definition) is 11. The van der Waals surface area contributed by atoms with Crippen LogP contribution in [-0.4, -0.2) is 95.7 Å². The molecule has 13 rings (SSSR count). The van der Waals surface area contributed by atoms with E-state index in [-0.39, 0.29) is 47.7 Å². The van der Waals surface area contributed by atoms with E-state index in [1.54, 1.807) is 18.2 Å². The van der Waals surface area contributed by atoms with E-state index in [0.717, 1.165) is 31.2 Å². The van der Waals surface area contributed by atoms with Crippen molar-refractivity contribution in [3.63, 3.8) is 0 Å². The average Bonchev–Trinajstić information content (AvgIpc) is 3.82. The first-order valence-corrected chi connectivity index (χ1v) is 26.3. The molecule has 5 heterocycles. The number of carbonyl (C=O) groups excluding carboxylic acids is 2. The zero-order valence-electron chi connectivity index (χ0n) is 36.8. The van der Waals surface area contributed by atoms with Crippen LogP contribution in [0.5, 0.6) is 5.75 Å². The van der Waals surface area contributed by atoms with Crippen LogP contribution in [0.3, 0.4) is 0 Å². The van der Waals surface area contributed by atoms with Crippen LogP contribution in [0.2, 0.25) is 0 Å². The lowest BCUT2D eigenvalue weighted by Gasteiger charge is -2.71. The van der Waals surface area contributed by atoms with Gasteiger partial charge in [0, 0.05) is 40.8 Å². The van der Waals surface area contributed by atoms with Crippen molar-refractivity contribution in [1.29, 1.82) is 0 Å². The predicted octanol–water partition coefficient (Wildman–Crippen LogP) is 6.87. The van der Waals surface area contributed by atoms with Gasteiger partial charge in [-0.25, -0.2) is 0 Å². The monoisotopic (exact) mass is 889 g/mol. The Hall–Kier alpha value is -1.90. The summed E-state index contributed by atoms with van der Waals surface area (Å²) in [4.78, 5) is 32.3. The number of epoxide rings is 1. The molecule has 338 valence electrons. The summed E-state index contributed by atoms with van der Waals surface area (Å²) in [7, 11) is 2.80. The van der Waals surface area contributed by atoms with Crippen LogP contribution in [0, 0.1) is 62.6 Å². The van der Waals surface area contributed by atoms with Gasteiger partial charge in [-0.15, -0.1) is 0 Å². The van der Waals surface area contributed by atoms with Crippen LogP contribution in [0.25, 0.3) is 0 Å². The smallest absolute Gasteiger partial charge is 0.233 e. The van der Waals surface area contributed by atoms with Crippen molar-refractivity contribution >= 4 is 39.0 Å². The van der Waals surface area contributed by atoms with Crippen molar-refractivity contribution in [1.82, 2.24) is 0 Å². The first kappa shape index (κ1) is 42.7. The molecule has 8 bridgehead atoms. The number of allylic oxidation sites excluding steroid dienone is 2. The zero-order valence-corrected chi connectivity index (χ0v) is 38.4. The summed E-state index contributed by atoms with van der Waals surface area (Å²) in [5.41, 5.74) is -6.57. The second-order valence-corrected chi connectivity index (χ2v) is 25.0. The van der Waals surface area contributed by atoms with Gasteiger partial charge in [0.25, 0.3) is 0 Å². The lowest BCUT2D eigenvalue weighted by Crippen LogP contribution is -2.74. The topological polar surface area (TPSA) is 171 Å². The summed E-state index contributed by atoms with van der Waals surface area (Å²) >= 11 is 0. The highest BCUT2D eigenvalue weighted by atomic mass is 33.1. The molecule has 1 aromatic rings. The number of nitrogens with zero attached hydrogens (tertiary/aromatic N) is 1. The molecule has 5 saturated carbocycles. The van der Waals surface area contributed by atoms with Crippen molar-refractivity contribution in [3.05, 3.63) is 47.6 Å². The highest BCUT2D eigenvalue weighted by Gasteiger charge is 2.84. The lowest BCUT2D eigenvalue weighted by molar-refractivity contribution is -0.235. The maximum Gasteiger partial charge on any atom is 0.233 e. The fourth-order valence-corrected chi connectivity index (χ4v) is 20.3. The molecule has 4 spiro atoms. The van der Waals surface area contributed by atoms with E-state index in [1.165, 1.54) is 21.6 Å². The van der Waals surface area contributed by atoms with Gasteiger partial charge in [-0.3, -0.25) is 9.59 Å². The molecular formula is C50H67NO9S2. The largest absolute Gasteiger partial charge is 0.508 e. The number of hydrogen-bond donors (Lipinski definition) is 6. The van der Waals surface area contributed by atoms with Crippen LogP contribution in [-0.2, 0) is 20.7 Å². The van der Waals surface area contributed by atoms with Gasteiger partial charge in [0.15, 0.2) is 5.78 Å². The molecule has 7 fully saturated rings. The van der Waals surface area contributed by atoms with Crippen LogP contribution in [0.4, 0.5) is 5.69 Å². The number of ketones is 1. The van der Waals surface area contributed by atoms with Crippen LogP contribution < -0.4 is 4.90 Å². The van der Waals surface area contributed by atoms with Gasteiger partial charge in [0.05, 0.1) is 34.7 Å². The van der Waals surface area contributed by atoms with Crippen molar-refractivity contribution < 1.29 is 45.0 Å². The third-order valence-electron chi connectivity index (χ3n) is 20.6. The molecule has 6 N–H and O–H groups in total. The summed E-state index contributed by atoms with van der Waals surface area (Å²) < 4.78 is 6.51. The van der Waals surface area contributed by atoms with E-state index >= 15 is 4.79 Å². The Bertz CT molecular complexity index is 2130. The molecule has 17 atom stereocenters. The zero-order chi connectivity index (χ0) is 43.6. The Balaban J connectivity index is 1.12. The van der Waals surface area contributed by atoms with Gasteiger partial charge in [-0.1, -0.05) is 74.3 Å². The SMILES string of the molecule is CC(C)C(C)C1OC1C1(O)CC=CC2CC34CCC5C(O)C(O)CC6(C(=O)C=C3C3(O)CCC1C23CCc1cc(O)cc(c1)N1CCC2(CCCCC2CSSC6O)C1=O)C54C. The first-order chi connectivity index (χ1) is 29.4. The molecule has 10 nitrogen and oxygen atoms in total. The van der Waals surface area contributed by atoms with Gasteiger partial charge < -0.3 is 40.3 Å². The van der Waals surface area contributed by atoms with Gasteiger partial charge in [-0.2, -0.15) is 0 Å². The molecule has 1 amide bonds. The number of aromatic hydroxyl groups is 1. The Kier molecular flexibility index (Phi) is 9.69. The summed E-state index contributed by atoms with van der Waals surface area (Å²) in [5, 5.41) is 75.5. The third-order valence-corrected chi connectivity index (χ3v) is 23.2. The third kappa shape index (κ3) is 5.13. The minimum atomic E-state index is -1.54. The summed E-state index contributed by atoms with van der Waals surface area (Å²) in [6, 6.07) is 5.53. The van der Waals surface area contributed by atoms with E-state index in [2.05, 4.69) is 39.8 Å². The number of aryl methyl sites for hydroxylation is 1. The van der Waals surface area contributed by atoms with Crippen LogP contribution in [0.1, 0.15) is 117 Å². The second-order valence-electron chi connectivity index (χ2n) is 22.5. The Labute approximate surface area is 374 Å². The van der Waals surface area contributed by atoms with Crippen molar-refractivity contribution in [3.8, 4) is 5.75 Å². The number of rotatable bonds is 3. The van der Waals surface area contributed by atoms with Gasteiger partial charge in [-0.05, 0) is 141 Å². The van der Waals surface area contributed by atoms with Crippen molar-refractivity contribution in [2.45, 2.75) is 159 Å². The number of benzene rings is 1. The molecule has 0 aromatic heterocycles. The Morgan fingerprint density at radius 2 is 1.74 bits per heavy atom. The van der Waals surface area contributed by atoms with E-state index in [4.69, 9.17) is 4.74 Å². The molecule has 5 aliphatic heterocycles. The molecule has 1 aromatic carbocycles. The maximum absolute atomic E-state index is 15.6. The fourth-order valence-electron chi connectivity index (χ4n) is 17.2. The van der Waals surface area contributed by atoms with E-state index in [0.29, 0.717) is 87.3 Å². The number of amides is 1. The average molecular weight is 890 g/mol. The standard InChI is InChI=1S/C50H67NO9S2/c1-27(2)28(3)40-41(60-40)49(58)14-7-9-30-24-46-15-11-34-39(55)35(53)25-48(44(34,46)4)38(54)23-37(46)50(59)17-12-36(49)47(30,50)16-10-29-20-32(22-33(52)21-29)51-19-18-45(42(51)56)13-6-5-8-31(45)26-61-62-43(48)57/h7,9,20-23,27-28,30-31,34-36,39-41,43,52-53,55,57-59H,5-6,8,10-19,24-26H2,1-4H3. The number of carbonyl (C=O) groups is 2. The Morgan fingerprint density at radius 3 is 2.53 bits per heavy atom. The highest BCUT2D eigenvalue weighted by molar-refractivity contribution is 8.76. The number of ether oxygens (including phenoxy) is 1. The lowest BCUT2D eigenvalue weighted by atomic mass is 9.34.